The van der Waals surface area contributed by atoms with E-state index in [1.54, 1.807) is 19.1 Å². The molecule has 106 valence electrons. The fourth-order valence-electron chi connectivity index (χ4n) is 2.04. The van der Waals surface area contributed by atoms with Crippen molar-refractivity contribution < 1.29 is 14.6 Å². The van der Waals surface area contributed by atoms with Crippen molar-refractivity contribution in [3.8, 4) is 0 Å². The molecule has 0 amide bonds. The van der Waals surface area contributed by atoms with Gasteiger partial charge in [0.2, 0.25) is 0 Å². The van der Waals surface area contributed by atoms with Gasteiger partial charge in [0.1, 0.15) is 6.61 Å². The number of benzene rings is 1. The van der Waals surface area contributed by atoms with Crippen LogP contribution in [0.3, 0.4) is 0 Å². The van der Waals surface area contributed by atoms with E-state index in [-0.39, 0.29) is 18.5 Å². The number of hydrogen-bond donors (Lipinski definition) is 1. The van der Waals surface area contributed by atoms with Crippen molar-refractivity contribution in [2.45, 2.75) is 45.8 Å². The molecule has 0 radical (unpaired) electrons. The summed E-state index contributed by atoms with van der Waals surface area (Å²) in [4.78, 5) is 11.9. The van der Waals surface area contributed by atoms with E-state index in [1.807, 2.05) is 18.2 Å². The molecule has 0 aliphatic carbocycles. The minimum absolute atomic E-state index is 0.0139. The number of carbonyl (C=O) groups is 1. The zero-order valence-corrected chi connectivity index (χ0v) is 12.0. The molecule has 0 aliphatic heterocycles. The van der Waals surface area contributed by atoms with Crippen LogP contribution < -0.4 is 0 Å². The van der Waals surface area contributed by atoms with E-state index in [9.17, 15) is 9.90 Å². The van der Waals surface area contributed by atoms with Crippen molar-refractivity contribution in [1.29, 1.82) is 0 Å². The molecule has 0 saturated heterocycles. The Balaban J connectivity index is 2.49. The Bertz CT molecular complexity index is 361. The number of aliphatic hydroxyl groups excluding tert-OH is 1. The third kappa shape index (κ3) is 6.50. The molecule has 19 heavy (non-hydrogen) atoms. The molecule has 2 atom stereocenters. The van der Waals surface area contributed by atoms with E-state index in [1.165, 1.54) is 0 Å². The minimum Gasteiger partial charge on any atom is -0.393 e. The standard InChI is InChI=1S/C16H24O3/c1-12(2)9-15(10-13(3)17)19-11-16(18)14-7-5-4-6-8-14/h4-8,12-13,15,17H,9-11H2,1-3H3. The summed E-state index contributed by atoms with van der Waals surface area (Å²) in [7, 11) is 0. The van der Waals surface area contributed by atoms with E-state index < -0.39 is 6.10 Å². The smallest absolute Gasteiger partial charge is 0.188 e. The van der Waals surface area contributed by atoms with E-state index in [0.717, 1.165) is 6.42 Å². The van der Waals surface area contributed by atoms with Gasteiger partial charge in [-0.15, -0.1) is 0 Å². The van der Waals surface area contributed by atoms with Crippen LogP contribution in [0.15, 0.2) is 30.3 Å². The van der Waals surface area contributed by atoms with Crippen molar-refractivity contribution in [3.05, 3.63) is 35.9 Å². The summed E-state index contributed by atoms with van der Waals surface area (Å²) in [6.07, 6.45) is 0.955. The lowest BCUT2D eigenvalue weighted by Gasteiger charge is -2.20. The van der Waals surface area contributed by atoms with E-state index in [4.69, 9.17) is 4.74 Å². The Labute approximate surface area is 115 Å². The molecule has 1 rings (SSSR count). The maximum atomic E-state index is 11.9. The molecule has 0 spiro atoms. The van der Waals surface area contributed by atoms with Crippen molar-refractivity contribution >= 4 is 5.78 Å². The second-order valence-corrected chi connectivity index (χ2v) is 5.44. The third-order valence-corrected chi connectivity index (χ3v) is 2.88. The molecule has 1 N–H and O–H groups in total. The number of Topliss-reactive ketones (excluding diaryl/α,β-unsaturated/α-hetero) is 1. The highest BCUT2D eigenvalue weighted by molar-refractivity contribution is 5.96. The Morgan fingerprint density at radius 3 is 2.32 bits per heavy atom. The highest BCUT2D eigenvalue weighted by Crippen LogP contribution is 2.14. The summed E-state index contributed by atoms with van der Waals surface area (Å²) in [6.45, 7) is 6.04. The number of ether oxygens (including phenoxy) is 1. The average molecular weight is 264 g/mol. The van der Waals surface area contributed by atoms with Gasteiger partial charge in [0.25, 0.3) is 0 Å². The summed E-state index contributed by atoms with van der Waals surface area (Å²) >= 11 is 0. The zero-order chi connectivity index (χ0) is 14.3. The monoisotopic (exact) mass is 264 g/mol. The predicted molar refractivity (Wildman–Crippen MR) is 76.3 cm³/mol. The molecule has 0 aliphatic rings. The van der Waals surface area contributed by atoms with Gasteiger partial charge < -0.3 is 9.84 Å². The maximum absolute atomic E-state index is 11.9. The highest BCUT2D eigenvalue weighted by Gasteiger charge is 2.16. The molecular weight excluding hydrogens is 240 g/mol. The van der Waals surface area contributed by atoms with Crippen molar-refractivity contribution in [1.82, 2.24) is 0 Å². The minimum atomic E-state index is -0.407. The molecule has 0 aromatic heterocycles. The molecule has 1 aromatic rings. The number of carbonyl (C=O) groups excluding carboxylic acids is 1. The van der Waals surface area contributed by atoms with Crippen LogP contribution in [0.4, 0.5) is 0 Å². The molecule has 2 unspecified atom stereocenters. The Hall–Kier alpha value is -1.19. The van der Waals surface area contributed by atoms with Crippen LogP contribution >= 0.6 is 0 Å². The first-order valence-corrected chi connectivity index (χ1v) is 6.87. The fraction of sp³-hybridized carbons (Fsp3) is 0.562. The maximum Gasteiger partial charge on any atom is 0.188 e. The number of aliphatic hydroxyl groups is 1. The molecule has 3 heteroatoms. The largest absolute Gasteiger partial charge is 0.393 e. The summed E-state index contributed by atoms with van der Waals surface area (Å²) in [5, 5.41) is 9.45. The van der Waals surface area contributed by atoms with Crippen LogP contribution in [-0.4, -0.2) is 29.7 Å². The summed E-state index contributed by atoms with van der Waals surface area (Å²) in [5.74, 6) is 0.468. The van der Waals surface area contributed by atoms with Gasteiger partial charge in [-0.1, -0.05) is 44.2 Å². The molecule has 0 fully saturated rings. The highest BCUT2D eigenvalue weighted by atomic mass is 16.5. The van der Waals surface area contributed by atoms with Gasteiger partial charge in [-0.3, -0.25) is 4.79 Å². The van der Waals surface area contributed by atoms with E-state index in [0.29, 0.717) is 17.9 Å². The molecule has 0 saturated carbocycles. The SMILES string of the molecule is CC(C)CC(CC(C)O)OCC(=O)c1ccccc1. The van der Waals surface area contributed by atoms with Crippen LogP contribution in [0.2, 0.25) is 0 Å². The molecule has 1 aromatic carbocycles. The third-order valence-electron chi connectivity index (χ3n) is 2.88. The van der Waals surface area contributed by atoms with Crippen LogP contribution in [0.5, 0.6) is 0 Å². The summed E-state index contributed by atoms with van der Waals surface area (Å²) in [5.41, 5.74) is 0.669. The Morgan fingerprint density at radius 1 is 1.16 bits per heavy atom. The lowest BCUT2D eigenvalue weighted by atomic mass is 10.0. The van der Waals surface area contributed by atoms with Crippen molar-refractivity contribution in [3.63, 3.8) is 0 Å². The summed E-state index contributed by atoms with van der Waals surface area (Å²) in [6, 6.07) is 9.14. The van der Waals surface area contributed by atoms with Gasteiger partial charge in [0.05, 0.1) is 12.2 Å². The number of rotatable bonds is 8. The van der Waals surface area contributed by atoms with Gasteiger partial charge >= 0.3 is 0 Å². The second kappa shape index (κ2) is 8.08. The van der Waals surface area contributed by atoms with Crippen LogP contribution in [-0.2, 0) is 4.74 Å². The molecule has 3 nitrogen and oxygen atoms in total. The topological polar surface area (TPSA) is 46.5 Å². The van der Waals surface area contributed by atoms with Crippen LogP contribution in [0.25, 0.3) is 0 Å². The molecule has 0 heterocycles. The lowest BCUT2D eigenvalue weighted by molar-refractivity contribution is 0.0101. The van der Waals surface area contributed by atoms with Crippen molar-refractivity contribution in [2.75, 3.05) is 6.61 Å². The van der Waals surface area contributed by atoms with Crippen molar-refractivity contribution in [2.24, 2.45) is 5.92 Å². The van der Waals surface area contributed by atoms with Gasteiger partial charge in [0.15, 0.2) is 5.78 Å². The quantitative estimate of drug-likeness (QED) is 0.734. The number of hydrogen-bond acceptors (Lipinski definition) is 3. The Morgan fingerprint density at radius 2 is 1.79 bits per heavy atom. The fourth-order valence-corrected chi connectivity index (χ4v) is 2.04. The first-order chi connectivity index (χ1) is 8.99. The second-order valence-electron chi connectivity index (χ2n) is 5.44. The van der Waals surface area contributed by atoms with Crippen LogP contribution in [0.1, 0.15) is 44.0 Å². The molecular formula is C16H24O3. The summed E-state index contributed by atoms with van der Waals surface area (Å²) < 4.78 is 5.67. The van der Waals surface area contributed by atoms with Gasteiger partial charge in [0, 0.05) is 5.56 Å². The van der Waals surface area contributed by atoms with Gasteiger partial charge in [-0.25, -0.2) is 0 Å². The van der Waals surface area contributed by atoms with Crippen LogP contribution in [0, 0.1) is 5.92 Å². The first kappa shape index (κ1) is 15.9. The van der Waals surface area contributed by atoms with Gasteiger partial charge in [-0.05, 0) is 25.7 Å². The predicted octanol–water partition coefficient (Wildman–Crippen LogP) is 3.07. The van der Waals surface area contributed by atoms with E-state index in [2.05, 4.69) is 13.8 Å². The number of ketones is 1. The average Bonchev–Trinajstić information content (AvgIpc) is 2.35. The molecule has 0 bridgehead atoms. The van der Waals surface area contributed by atoms with E-state index >= 15 is 0 Å². The zero-order valence-electron chi connectivity index (χ0n) is 12.0. The van der Waals surface area contributed by atoms with Gasteiger partial charge in [-0.2, -0.15) is 0 Å². The normalized spacial score (nSPS) is 14.4. The Kier molecular flexibility index (Phi) is 6.74. The first-order valence-electron chi connectivity index (χ1n) is 6.87. The lowest BCUT2D eigenvalue weighted by Crippen LogP contribution is -2.24.